The molecule has 2 aromatic rings. The number of amides is 1. The summed E-state index contributed by atoms with van der Waals surface area (Å²) < 4.78 is 0. The fraction of sp³-hybridized carbons (Fsp3) is 0.231. The minimum atomic E-state index is -0.515. The van der Waals surface area contributed by atoms with Crippen molar-refractivity contribution in [2.24, 2.45) is 0 Å². The highest BCUT2D eigenvalue weighted by molar-refractivity contribution is 6.01. The summed E-state index contributed by atoms with van der Waals surface area (Å²) in [4.78, 5) is 24.4. The third-order valence-corrected chi connectivity index (χ3v) is 3.04. The molecule has 1 aromatic heterocycles. The van der Waals surface area contributed by atoms with Gasteiger partial charge in [0, 0.05) is 38.5 Å². The molecule has 21 heavy (non-hydrogen) atoms. The lowest BCUT2D eigenvalue weighted by Crippen LogP contribution is -2.27. The molecule has 8 heteroatoms. The van der Waals surface area contributed by atoms with Crippen LogP contribution in [0.1, 0.15) is 15.9 Å². The summed E-state index contributed by atoms with van der Waals surface area (Å²) in [5.41, 5.74) is 1.20. The van der Waals surface area contributed by atoms with Gasteiger partial charge in [0.25, 0.3) is 11.6 Å². The average molecular weight is 289 g/mol. The largest absolute Gasteiger partial charge is 0.382 e. The Morgan fingerprint density at radius 1 is 1.52 bits per heavy atom. The molecule has 0 aliphatic rings. The van der Waals surface area contributed by atoms with Gasteiger partial charge >= 0.3 is 0 Å². The van der Waals surface area contributed by atoms with Crippen molar-refractivity contribution < 1.29 is 9.72 Å². The number of rotatable bonds is 5. The molecule has 110 valence electrons. The van der Waals surface area contributed by atoms with Gasteiger partial charge in [0.1, 0.15) is 5.69 Å². The van der Waals surface area contributed by atoms with E-state index < -0.39 is 4.92 Å². The van der Waals surface area contributed by atoms with E-state index in [0.29, 0.717) is 6.54 Å². The second-order valence-electron chi connectivity index (χ2n) is 4.47. The lowest BCUT2D eigenvalue weighted by molar-refractivity contribution is -0.384. The molecule has 0 bridgehead atoms. The van der Waals surface area contributed by atoms with Gasteiger partial charge in [-0.2, -0.15) is 5.10 Å². The van der Waals surface area contributed by atoms with Gasteiger partial charge in [0.15, 0.2) is 0 Å². The number of para-hydroxylation sites is 1. The minimum absolute atomic E-state index is 0.125. The molecule has 2 N–H and O–H groups in total. The molecule has 1 aromatic carbocycles. The number of hydrogen-bond acceptors (Lipinski definition) is 5. The van der Waals surface area contributed by atoms with Crippen LogP contribution < -0.4 is 5.32 Å². The number of aromatic amines is 1. The molecule has 0 atom stereocenters. The maximum atomic E-state index is 12.5. The summed E-state index contributed by atoms with van der Waals surface area (Å²) in [6.07, 6.45) is 3.31. The molecule has 0 saturated carbocycles. The SMILES string of the molecule is CNc1c(C(=O)N(C)Cc2cn[nH]c2)cccc1[N+](=O)[O-]. The number of nitro groups is 1. The van der Waals surface area contributed by atoms with E-state index in [2.05, 4.69) is 15.5 Å². The maximum absolute atomic E-state index is 12.5. The van der Waals surface area contributed by atoms with E-state index in [0.717, 1.165) is 5.56 Å². The Labute approximate surface area is 120 Å². The summed E-state index contributed by atoms with van der Waals surface area (Å²) in [6.45, 7) is 0.362. The number of nitro benzene ring substituents is 1. The topological polar surface area (TPSA) is 104 Å². The Kier molecular flexibility index (Phi) is 4.17. The predicted molar refractivity (Wildman–Crippen MR) is 77.0 cm³/mol. The second kappa shape index (κ2) is 6.04. The Morgan fingerprint density at radius 3 is 2.86 bits per heavy atom. The minimum Gasteiger partial charge on any atom is -0.382 e. The van der Waals surface area contributed by atoms with Gasteiger partial charge in [0.2, 0.25) is 0 Å². The van der Waals surface area contributed by atoms with Crippen LogP contribution in [0.5, 0.6) is 0 Å². The number of nitrogens with one attached hydrogen (secondary N) is 2. The third kappa shape index (κ3) is 2.99. The van der Waals surface area contributed by atoms with E-state index in [1.807, 2.05) is 0 Å². The summed E-state index contributed by atoms with van der Waals surface area (Å²) in [5.74, 6) is -0.302. The van der Waals surface area contributed by atoms with Crippen LogP contribution in [0, 0.1) is 10.1 Å². The lowest BCUT2D eigenvalue weighted by Gasteiger charge is -2.18. The quantitative estimate of drug-likeness (QED) is 0.643. The standard InChI is InChI=1S/C13H15N5O3/c1-14-12-10(4-3-5-11(12)18(20)21)13(19)17(2)8-9-6-15-16-7-9/h3-7,14H,8H2,1-2H3,(H,15,16). The Morgan fingerprint density at radius 2 is 2.29 bits per heavy atom. The first-order valence-electron chi connectivity index (χ1n) is 6.23. The molecule has 0 unspecified atom stereocenters. The summed E-state index contributed by atoms with van der Waals surface area (Å²) in [7, 11) is 3.18. The number of anilines is 1. The zero-order valence-corrected chi connectivity index (χ0v) is 11.7. The van der Waals surface area contributed by atoms with Crippen molar-refractivity contribution in [1.29, 1.82) is 0 Å². The smallest absolute Gasteiger partial charge is 0.293 e. The number of carbonyl (C=O) groups is 1. The molecule has 0 aliphatic heterocycles. The first-order valence-corrected chi connectivity index (χ1v) is 6.23. The Bertz CT molecular complexity index is 654. The van der Waals surface area contributed by atoms with Crippen molar-refractivity contribution in [3.8, 4) is 0 Å². The number of hydrogen-bond donors (Lipinski definition) is 2. The maximum Gasteiger partial charge on any atom is 0.293 e. The van der Waals surface area contributed by atoms with E-state index in [1.54, 1.807) is 32.6 Å². The van der Waals surface area contributed by atoms with Crippen LogP contribution in [0.3, 0.4) is 0 Å². The van der Waals surface area contributed by atoms with E-state index in [9.17, 15) is 14.9 Å². The monoisotopic (exact) mass is 289 g/mol. The molecule has 0 radical (unpaired) electrons. The van der Waals surface area contributed by atoms with Crippen molar-refractivity contribution in [3.05, 3.63) is 51.8 Å². The van der Waals surface area contributed by atoms with E-state index in [-0.39, 0.29) is 22.8 Å². The number of benzene rings is 1. The van der Waals surface area contributed by atoms with Crippen LogP contribution in [0.25, 0.3) is 0 Å². The van der Waals surface area contributed by atoms with Gasteiger partial charge in [0.05, 0.1) is 16.7 Å². The zero-order valence-electron chi connectivity index (χ0n) is 11.7. The normalized spacial score (nSPS) is 10.2. The van der Waals surface area contributed by atoms with Gasteiger partial charge in [-0.1, -0.05) is 6.07 Å². The van der Waals surface area contributed by atoms with E-state index in [4.69, 9.17) is 0 Å². The third-order valence-electron chi connectivity index (χ3n) is 3.04. The zero-order chi connectivity index (χ0) is 15.4. The molecule has 2 rings (SSSR count). The van der Waals surface area contributed by atoms with Crippen LogP contribution in [0.2, 0.25) is 0 Å². The number of nitrogens with zero attached hydrogens (tertiary/aromatic N) is 3. The molecule has 1 heterocycles. The van der Waals surface area contributed by atoms with Crippen LogP contribution in [-0.4, -0.2) is 40.0 Å². The highest BCUT2D eigenvalue weighted by Gasteiger charge is 2.22. The summed E-state index contributed by atoms with van der Waals surface area (Å²) >= 11 is 0. The fourth-order valence-electron chi connectivity index (χ4n) is 2.05. The average Bonchev–Trinajstić information content (AvgIpc) is 2.98. The van der Waals surface area contributed by atoms with Crippen molar-refractivity contribution in [3.63, 3.8) is 0 Å². The molecule has 0 spiro atoms. The van der Waals surface area contributed by atoms with Crippen LogP contribution in [-0.2, 0) is 6.54 Å². The van der Waals surface area contributed by atoms with Crippen molar-refractivity contribution in [2.45, 2.75) is 6.54 Å². The van der Waals surface area contributed by atoms with Crippen molar-refractivity contribution in [2.75, 3.05) is 19.4 Å². The van der Waals surface area contributed by atoms with Crippen LogP contribution in [0.4, 0.5) is 11.4 Å². The Hall–Kier alpha value is -2.90. The number of carbonyl (C=O) groups excluding carboxylic acids is 1. The molecular weight excluding hydrogens is 274 g/mol. The molecular formula is C13H15N5O3. The van der Waals surface area contributed by atoms with Gasteiger partial charge in [-0.15, -0.1) is 0 Å². The summed E-state index contributed by atoms with van der Waals surface area (Å²) in [5, 5.41) is 20.2. The van der Waals surface area contributed by atoms with Gasteiger partial charge < -0.3 is 10.2 Å². The van der Waals surface area contributed by atoms with Gasteiger partial charge in [-0.25, -0.2) is 0 Å². The number of aromatic nitrogens is 2. The van der Waals surface area contributed by atoms with Crippen molar-refractivity contribution >= 4 is 17.3 Å². The lowest BCUT2D eigenvalue weighted by atomic mass is 10.1. The number of H-pyrrole nitrogens is 1. The van der Waals surface area contributed by atoms with Gasteiger partial charge in [-0.05, 0) is 6.07 Å². The summed E-state index contributed by atoms with van der Waals surface area (Å²) in [6, 6.07) is 4.42. The van der Waals surface area contributed by atoms with E-state index in [1.165, 1.54) is 17.0 Å². The van der Waals surface area contributed by atoms with Crippen molar-refractivity contribution in [1.82, 2.24) is 15.1 Å². The van der Waals surface area contributed by atoms with Crippen LogP contribution >= 0.6 is 0 Å². The highest BCUT2D eigenvalue weighted by Crippen LogP contribution is 2.28. The Balaban J connectivity index is 2.30. The molecule has 0 saturated heterocycles. The first-order chi connectivity index (χ1) is 10.0. The molecule has 8 nitrogen and oxygen atoms in total. The predicted octanol–water partition coefficient (Wildman–Crippen LogP) is 1.63. The van der Waals surface area contributed by atoms with Crippen LogP contribution in [0.15, 0.2) is 30.6 Å². The molecule has 0 aliphatic carbocycles. The van der Waals surface area contributed by atoms with E-state index >= 15 is 0 Å². The first kappa shape index (κ1) is 14.5. The molecule has 0 fully saturated rings. The highest BCUT2D eigenvalue weighted by atomic mass is 16.6. The van der Waals surface area contributed by atoms with Gasteiger partial charge in [-0.3, -0.25) is 20.0 Å². The molecule has 1 amide bonds. The second-order valence-corrected chi connectivity index (χ2v) is 4.47. The fourth-order valence-corrected chi connectivity index (χ4v) is 2.05.